The van der Waals surface area contributed by atoms with E-state index < -0.39 is 6.16 Å². The van der Waals surface area contributed by atoms with Gasteiger partial charge < -0.3 is 19.9 Å². The number of benzene rings is 2. The molecule has 0 saturated carbocycles. The van der Waals surface area contributed by atoms with Crippen LogP contribution in [-0.2, 0) is 0 Å². The Balaban J connectivity index is 2.10. The minimum atomic E-state index is -0.831. The lowest BCUT2D eigenvalue weighted by molar-refractivity contribution is 0.150. The van der Waals surface area contributed by atoms with Gasteiger partial charge in [0.1, 0.15) is 5.75 Å². The summed E-state index contributed by atoms with van der Waals surface area (Å²) in [6.07, 6.45) is -0.831. The summed E-state index contributed by atoms with van der Waals surface area (Å²) in [6.45, 7) is 1.81. The molecule has 0 aliphatic heterocycles. The highest BCUT2D eigenvalue weighted by Gasteiger charge is 2.14. The Bertz CT molecular complexity index is 608. The van der Waals surface area contributed by atoms with Gasteiger partial charge in [-0.1, -0.05) is 12.1 Å². The monoisotopic (exact) mass is 273 g/mol. The second-order valence-corrected chi connectivity index (χ2v) is 4.13. The van der Waals surface area contributed by atoms with Crippen molar-refractivity contribution in [1.82, 2.24) is 0 Å². The van der Waals surface area contributed by atoms with Crippen LogP contribution in [0.5, 0.6) is 17.2 Å². The number of aryl methyl sites for hydroxylation is 1. The van der Waals surface area contributed by atoms with Gasteiger partial charge in [0.2, 0.25) is 0 Å². The van der Waals surface area contributed by atoms with E-state index in [1.165, 1.54) is 7.11 Å². The molecule has 0 unspecified atom stereocenters. The van der Waals surface area contributed by atoms with Gasteiger partial charge in [-0.3, -0.25) is 0 Å². The number of carbonyl (C=O) groups excluding carboxylic acids is 1. The zero-order valence-corrected chi connectivity index (χ0v) is 11.3. The van der Waals surface area contributed by atoms with Crippen LogP contribution < -0.4 is 19.9 Å². The predicted molar refractivity (Wildman–Crippen MR) is 75.2 cm³/mol. The van der Waals surface area contributed by atoms with Crippen molar-refractivity contribution in [1.29, 1.82) is 0 Å². The molecule has 0 aliphatic rings. The number of hydrogen-bond donors (Lipinski definition) is 1. The molecule has 104 valence electrons. The molecule has 5 heteroatoms. The third-order valence-electron chi connectivity index (χ3n) is 2.66. The summed E-state index contributed by atoms with van der Waals surface area (Å²) < 4.78 is 15.4. The number of anilines is 1. The summed E-state index contributed by atoms with van der Waals surface area (Å²) >= 11 is 0. The van der Waals surface area contributed by atoms with E-state index in [0.29, 0.717) is 22.9 Å². The van der Waals surface area contributed by atoms with Crippen LogP contribution >= 0.6 is 0 Å². The average molecular weight is 273 g/mol. The van der Waals surface area contributed by atoms with Crippen molar-refractivity contribution < 1.29 is 19.0 Å². The lowest BCUT2D eigenvalue weighted by Crippen LogP contribution is -2.15. The molecule has 20 heavy (non-hydrogen) atoms. The highest BCUT2D eigenvalue weighted by Crippen LogP contribution is 2.30. The van der Waals surface area contributed by atoms with Gasteiger partial charge in [0.05, 0.1) is 7.11 Å². The molecule has 2 rings (SSSR count). The topological polar surface area (TPSA) is 70.8 Å². The van der Waals surface area contributed by atoms with E-state index in [1.807, 2.05) is 19.1 Å². The second-order valence-electron chi connectivity index (χ2n) is 4.13. The first-order chi connectivity index (χ1) is 9.60. The Morgan fingerprint density at radius 3 is 2.40 bits per heavy atom. The zero-order valence-electron chi connectivity index (χ0n) is 11.3. The summed E-state index contributed by atoms with van der Waals surface area (Å²) in [5, 5.41) is 0. The number of para-hydroxylation sites is 1. The fourth-order valence-corrected chi connectivity index (χ4v) is 1.65. The van der Waals surface area contributed by atoms with Gasteiger partial charge >= 0.3 is 6.16 Å². The molecule has 2 aromatic rings. The molecule has 0 atom stereocenters. The molecule has 0 aliphatic carbocycles. The van der Waals surface area contributed by atoms with Gasteiger partial charge in [-0.25, -0.2) is 4.79 Å². The van der Waals surface area contributed by atoms with Gasteiger partial charge in [0.15, 0.2) is 11.5 Å². The highest BCUT2D eigenvalue weighted by molar-refractivity contribution is 5.69. The van der Waals surface area contributed by atoms with Crippen molar-refractivity contribution in [2.45, 2.75) is 6.92 Å². The molecule has 0 fully saturated rings. The molecule has 0 amide bonds. The first kappa shape index (κ1) is 13.7. The fraction of sp³-hybridized carbons (Fsp3) is 0.133. The lowest BCUT2D eigenvalue weighted by atomic mass is 10.2. The minimum absolute atomic E-state index is 0.343. The first-order valence-electron chi connectivity index (χ1n) is 5.99. The number of hydrogen-bond acceptors (Lipinski definition) is 5. The van der Waals surface area contributed by atoms with Gasteiger partial charge in [-0.05, 0) is 42.8 Å². The molecule has 0 radical (unpaired) electrons. The SMILES string of the molecule is COc1cccc(C)c1OC(=O)Oc1ccc(N)cc1. The number of methoxy groups -OCH3 is 1. The van der Waals surface area contributed by atoms with Crippen LogP contribution in [0.4, 0.5) is 10.5 Å². The summed E-state index contributed by atoms with van der Waals surface area (Å²) in [5.41, 5.74) is 6.92. The quantitative estimate of drug-likeness (QED) is 0.528. The Morgan fingerprint density at radius 1 is 1.05 bits per heavy atom. The molecule has 2 N–H and O–H groups in total. The normalized spacial score (nSPS) is 9.90. The highest BCUT2D eigenvalue weighted by atomic mass is 16.7. The third-order valence-corrected chi connectivity index (χ3v) is 2.66. The fourth-order valence-electron chi connectivity index (χ4n) is 1.65. The molecule has 0 saturated heterocycles. The Kier molecular flexibility index (Phi) is 4.10. The minimum Gasteiger partial charge on any atom is -0.493 e. The van der Waals surface area contributed by atoms with Crippen molar-refractivity contribution in [2.75, 3.05) is 12.8 Å². The Hall–Kier alpha value is -2.69. The molecule has 2 aromatic carbocycles. The maximum Gasteiger partial charge on any atom is 0.519 e. The standard InChI is InChI=1S/C15H15NO4/c1-10-4-3-5-13(18-2)14(10)20-15(17)19-12-8-6-11(16)7-9-12/h3-9H,16H2,1-2H3. The van der Waals surface area contributed by atoms with Crippen molar-refractivity contribution in [3.63, 3.8) is 0 Å². The van der Waals surface area contributed by atoms with Gasteiger partial charge in [-0.2, -0.15) is 0 Å². The molecular weight excluding hydrogens is 258 g/mol. The van der Waals surface area contributed by atoms with E-state index in [-0.39, 0.29) is 0 Å². The van der Waals surface area contributed by atoms with E-state index in [4.69, 9.17) is 19.9 Å². The van der Waals surface area contributed by atoms with Crippen LogP contribution in [0.15, 0.2) is 42.5 Å². The van der Waals surface area contributed by atoms with Crippen molar-refractivity contribution in [3.05, 3.63) is 48.0 Å². The number of carbonyl (C=O) groups is 1. The van der Waals surface area contributed by atoms with E-state index >= 15 is 0 Å². The molecular formula is C15H15NO4. The number of rotatable bonds is 3. The Morgan fingerprint density at radius 2 is 1.75 bits per heavy atom. The van der Waals surface area contributed by atoms with E-state index in [2.05, 4.69) is 0 Å². The van der Waals surface area contributed by atoms with Crippen LogP contribution in [-0.4, -0.2) is 13.3 Å². The van der Waals surface area contributed by atoms with E-state index in [1.54, 1.807) is 30.3 Å². The van der Waals surface area contributed by atoms with Crippen molar-refractivity contribution in [3.8, 4) is 17.2 Å². The van der Waals surface area contributed by atoms with E-state index in [9.17, 15) is 4.79 Å². The number of nitrogen functional groups attached to an aromatic ring is 1. The molecule has 0 aromatic heterocycles. The predicted octanol–water partition coefficient (Wildman–Crippen LogP) is 3.16. The maximum absolute atomic E-state index is 11.8. The summed E-state index contributed by atoms with van der Waals surface area (Å²) in [4.78, 5) is 11.8. The Labute approximate surface area is 116 Å². The van der Waals surface area contributed by atoms with Gasteiger partial charge in [0, 0.05) is 5.69 Å². The molecule has 5 nitrogen and oxygen atoms in total. The summed E-state index contributed by atoms with van der Waals surface area (Å²) in [5.74, 6) is 1.17. The molecule has 0 bridgehead atoms. The van der Waals surface area contributed by atoms with Crippen LogP contribution in [0.3, 0.4) is 0 Å². The summed E-state index contributed by atoms with van der Waals surface area (Å²) in [6, 6.07) is 11.8. The average Bonchev–Trinajstić information content (AvgIpc) is 2.43. The van der Waals surface area contributed by atoms with Crippen molar-refractivity contribution >= 4 is 11.8 Å². The zero-order chi connectivity index (χ0) is 14.5. The smallest absolute Gasteiger partial charge is 0.493 e. The lowest BCUT2D eigenvalue weighted by Gasteiger charge is -2.11. The van der Waals surface area contributed by atoms with Crippen LogP contribution in [0, 0.1) is 6.92 Å². The van der Waals surface area contributed by atoms with Crippen LogP contribution in [0.25, 0.3) is 0 Å². The van der Waals surface area contributed by atoms with Crippen molar-refractivity contribution in [2.24, 2.45) is 0 Å². The number of nitrogens with two attached hydrogens (primary N) is 1. The van der Waals surface area contributed by atoms with Crippen LogP contribution in [0.1, 0.15) is 5.56 Å². The second kappa shape index (κ2) is 5.97. The van der Waals surface area contributed by atoms with E-state index in [0.717, 1.165) is 5.56 Å². The number of ether oxygens (including phenoxy) is 3. The van der Waals surface area contributed by atoms with Gasteiger partial charge in [0.25, 0.3) is 0 Å². The van der Waals surface area contributed by atoms with Gasteiger partial charge in [-0.15, -0.1) is 0 Å². The molecule has 0 heterocycles. The van der Waals surface area contributed by atoms with Crippen LogP contribution in [0.2, 0.25) is 0 Å². The first-order valence-corrected chi connectivity index (χ1v) is 5.99. The molecule has 0 spiro atoms. The maximum atomic E-state index is 11.8. The summed E-state index contributed by atoms with van der Waals surface area (Å²) in [7, 11) is 1.51. The third kappa shape index (κ3) is 3.20. The largest absolute Gasteiger partial charge is 0.519 e.